The van der Waals surface area contributed by atoms with Gasteiger partial charge in [-0.2, -0.15) is 0 Å². The lowest BCUT2D eigenvalue weighted by molar-refractivity contribution is -0.384. The molecule has 0 radical (unpaired) electrons. The van der Waals surface area contributed by atoms with Gasteiger partial charge < -0.3 is 16.2 Å². The Kier molecular flexibility index (Phi) is 3.75. The Balaban J connectivity index is 2.28. The first-order chi connectivity index (χ1) is 9.88. The number of nitro groups is 1. The summed E-state index contributed by atoms with van der Waals surface area (Å²) >= 11 is 0. The van der Waals surface area contributed by atoms with E-state index in [0.29, 0.717) is 11.3 Å². The summed E-state index contributed by atoms with van der Waals surface area (Å²) in [5.41, 5.74) is 7.06. The van der Waals surface area contributed by atoms with Crippen molar-refractivity contribution < 1.29 is 14.8 Å². The predicted molar refractivity (Wildman–Crippen MR) is 78.3 cm³/mol. The topological polar surface area (TPSA) is 118 Å². The van der Waals surface area contributed by atoms with Gasteiger partial charge in [0, 0.05) is 23.4 Å². The number of phenolic OH excluding ortho intramolecular Hbond substituents is 1. The van der Waals surface area contributed by atoms with Gasteiger partial charge in [-0.1, -0.05) is 0 Å². The normalized spacial score (nSPS) is 10.1. The molecule has 0 saturated carbocycles. The predicted octanol–water partition coefficient (Wildman–Crippen LogP) is 2.44. The Bertz CT molecular complexity index is 728. The molecule has 0 aliphatic rings. The van der Waals surface area contributed by atoms with Gasteiger partial charge in [0.05, 0.1) is 10.6 Å². The Morgan fingerprint density at radius 2 is 2.00 bits per heavy atom. The molecule has 0 aliphatic heterocycles. The van der Waals surface area contributed by atoms with E-state index in [-0.39, 0.29) is 17.1 Å². The van der Waals surface area contributed by atoms with E-state index in [9.17, 15) is 20.0 Å². The van der Waals surface area contributed by atoms with Crippen molar-refractivity contribution in [2.24, 2.45) is 0 Å². The van der Waals surface area contributed by atoms with Gasteiger partial charge in [0.15, 0.2) is 0 Å². The van der Waals surface area contributed by atoms with Crippen LogP contribution in [0.5, 0.6) is 5.75 Å². The molecule has 0 unspecified atom stereocenters. The number of hydrogen-bond donors (Lipinski definition) is 3. The van der Waals surface area contributed by atoms with Crippen LogP contribution in [0.2, 0.25) is 0 Å². The standard InChI is InChI=1S/C14H13N3O4/c1-8-6-9(2-4-11(8)15)14(19)16-12-7-10(17(20)21)3-5-13(12)18/h2-7,18H,15H2,1H3,(H,16,19). The highest BCUT2D eigenvalue weighted by Gasteiger charge is 2.14. The van der Waals surface area contributed by atoms with E-state index < -0.39 is 10.8 Å². The highest BCUT2D eigenvalue weighted by Crippen LogP contribution is 2.28. The number of benzene rings is 2. The number of amides is 1. The highest BCUT2D eigenvalue weighted by molar-refractivity contribution is 6.05. The van der Waals surface area contributed by atoms with E-state index in [0.717, 1.165) is 23.8 Å². The summed E-state index contributed by atoms with van der Waals surface area (Å²) in [6.45, 7) is 1.76. The summed E-state index contributed by atoms with van der Waals surface area (Å²) < 4.78 is 0. The molecular weight excluding hydrogens is 274 g/mol. The number of nitrogen functional groups attached to an aromatic ring is 1. The van der Waals surface area contributed by atoms with Crippen molar-refractivity contribution in [2.45, 2.75) is 6.92 Å². The molecule has 2 aromatic carbocycles. The van der Waals surface area contributed by atoms with Crippen molar-refractivity contribution in [3.05, 3.63) is 57.6 Å². The quantitative estimate of drug-likeness (QED) is 0.347. The Hall–Kier alpha value is -3.09. The fraction of sp³-hybridized carbons (Fsp3) is 0.0714. The summed E-state index contributed by atoms with van der Waals surface area (Å²) in [4.78, 5) is 22.2. The minimum atomic E-state index is -0.609. The van der Waals surface area contributed by atoms with Gasteiger partial charge in [-0.25, -0.2) is 0 Å². The van der Waals surface area contributed by atoms with E-state index in [2.05, 4.69) is 5.32 Å². The Morgan fingerprint density at radius 3 is 2.62 bits per heavy atom. The van der Waals surface area contributed by atoms with Gasteiger partial charge in [-0.05, 0) is 36.8 Å². The number of carbonyl (C=O) groups excluding carboxylic acids is 1. The van der Waals surface area contributed by atoms with Crippen molar-refractivity contribution in [1.29, 1.82) is 0 Å². The van der Waals surface area contributed by atoms with Crippen LogP contribution in [-0.4, -0.2) is 15.9 Å². The Morgan fingerprint density at radius 1 is 1.29 bits per heavy atom. The van der Waals surface area contributed by atoms with Crippen molar-refractivity contribution in [3.8, 4) is 5.75 Å². The lowest BCUT2D eigenvalue weighted by Gasteiger charge is -2.08. The fourth-order valence-electron chi connectivity index (χ4n) is 1.75. The average Bonchev–Trinajstić information content (AvgIpc) is 2.43. The molecule has 4 N–H and O–H groups in total. The van der Waals surface area contributed by atoms with Crippen LogP contribution in [0.4, 0.5) is 17.1 Å². The molecule has 1 amide bonds. The van der Waals surface area contributed by atoms with Crippen LogP contribution in [0, 0.1) is 17.0 Å². The third kappa shape index (κ3) is 3.08. The number of nitro benzene ring substituents is 1. The van der Waals surface area contributed by atoms with E-state index in [1.807, 2.05) is 0 Å². The lowest BCUT2D eigenvalue weighted by Crippen LogP contribution is -2.12. The van der Waals surface area contributed by atoms with Gasteiger partial charge in [-0.3, -0.25) is 14.9 Å². The first kappa shape index (κ1) is 14.3. The van der Waals surface area contributed by atoms with E-state index in [1.54, 1.807) is 19.1 Å². The second kappa shape index (κ2) is 5.49. The molecule has 0 aromatic heterocycles. The fourth-order valence-corrected chi connectivity index (χ4v) is 1.75. The number of aromatic hydroxyl groups is 1. The molecule has 0 fully saturated rings. The molecule has 21 heavy (non-hydrogen) atoms. The van der Waals surface area contributed by atoms with Crippen LogP contribution >= 0.6 is 0 Å². The van der Waals surface area contributed by atoms with Crippen LogP contribution in [0.3, 0.4) is 0 Å². The van der Waals surface area contributed by atoms with Gasteiger partial charge in [0.1, 0.15) is 5.75 Å². The van der Waals surface area contributed by atoms with Crippen molar-refractivity contribution in [1.82, 2.24) is 0 Å². The van der Waals surface area contributed by atoms with Crippen LogP contribution in [0.25, 0.3) is 0 Å². The molecule has 0 atom stereocenters. The molecule has 0 heterocycles. The average molecular weight is 287 g/mol. The van der Waals surface area contributed by atoms with Crippen LogP contribution in [0.1, 0.15) is 15.9 Å². The van der Waals surface area contributed by atoms with E-state index >= 15 is 0 Å². The number of phenols is 1. The van der Waals surface area contributed by atoms with Gasteiger partial charge >= 0.3 is 0 Å². The zero-order valence-electron chi connectivity index (χ0n) is 11.2. The second-order valence-corrected chi connectivity index (χ2v) is 4.48. The molecule has 2 aromatic rings. The van der Waals surface area contributed by atoms with Crippen molar-refractivity contribution >= 4 is 23.0 Å². The van der Waals surface area contributed by atoms with Crippen LogP contribution in [0.15, 0.2) is 36.4 Å². The largest absolute Gasteiger partial charge is 0.506 e. The number of anilines is 2. The van der Waals surface area contributed by atoms with Gasteiger partial charge in [0.25, 0.3) is 11.6 Å². The summed E-state index contributed by atoms with van der Waals surface area (Å²) in [7, 11) is 0. The maximum atomic E-state index is 12.1. The second-order valence-electron chi connectivity index (χ2n) is 4.48. The number of nitrogens with zero attached hydrogens (tertiary/aromatic N) is 1. The zero-order chi connectivity index (χ0) is 15.6. The molecule has 0 spiro atoms. The number of nitrogens with one attached hydrogen (secondary N) is 1. The van der Waals surface area contributed by atoms with E-state index in [4.69, 9.17) is 5.73 Å². The van der Waals surface area contributed by atoms with Gasteiger partial charge in [0.2, 0.25) is 0 Å². The molecule has 7 heteroatoms. The smallest absolute Gasteiger partial charge is 0.271 e. The van der Waals surface area contributed by atoms with E-state index in [1.165, 1.54) is 6.07 Å². The first-order valence-corrected chi connectivity index (χ1v) is 6.03. The van der Waals surface area contributed by atoms with Crippen molar-refractivity contribution in [3.63, 3.8) is 0 Å². The molecule has 0 bridgehead atoms. The molecular formula is C14H13N3O4. The number of hydrogen-bond acceptors (Lipinski definition) is 5. The first-order valence-electron chi connectivity index (χ1n) is 6.03. The Labute approximate surface area is 120 Å². The van der Waals surface area contributed by atoms with Crippen LogP contribution in [-0.2, 0) is 0 Å². The summed E-state index contributed by atoms with van der Waals surface area (Å²) in [6, 6.07) is 8.13. The molecule has 0 saturated heterocycles. The number of carbonyl (C=O) groups is 1. The van der Waals surface area contributed by atoms with Crippen LogP contribution < -0.4 is 11.1 Å². The molecule has 2 rings (SSSR count). The summed E-state index contributed by atoms with van der Waals surface area (Å²) in [5, 5.41) is 22.8. The highest BCUT2D eigenvalue weighted by atomic mass is 16.6. The SMILES string of the molecule is Cc1cc(C(=O)Nc2cc([N+](=O)[O-])ccc2O)ccc1N. The third-order valence-corrected chi connectivity index (χ3v) is 2.97. The number of nitrogens with two attached hydrogens (primary N) is 1. The minimum absolute atomic E-state index is 0.0244. The minimum Gasteiger partial charge on any atom is -0.506 e. The maximum Gasteiger partial charge on any atom is 0.271 e. The molecule has 108 valence electrons. The molecule has 7 nitrogen and oxygen atoms in total. The maximum absolute atomic E-state index is 12.1. The zero-order valence-corrected chi connectivity index (χ0v) is 11.2. The number of aryl methyl sites for hydroxylation is 1. The lowest BCUT2D eigenvalue weighted by atomic mass is 10.1. The van der Waals surface area contributed by atoms with Crippen molar-refractivity contribution in [2.75, 3.05) is 11.1 Å². The molecule has 0 aliphatic carbocycles. The summed E-state index contributed by atoms with van der Waals surface area (Å²) in [6.07, 6.45) is 0. The monoisotopic (exact) mass is 287 g/mol. The van der Waals surface area contributed by atoms with Gasteiger partial charge in [-0.15, -0.1) is 0 Å². The third-order valence-electron chi connectivity index (χ3n) is 2.97. The number of non-ortho nitro benzene ring substituents is 1. The summed E-state index contributed by atoms with van der Waals surface area (Å²) in [5.74, 6) is -0.741. The number of rotatable bonds is 3.